The molecular weight excluding hydrogens is 236 g/mol. The molecule has 0 atom stereocenters. The Labute approximate surface area is 104 Å². The highest BCUT2D eigenvalue weighted by Crippen LogP contribution is 2.50. The minimum absolute atomic E-state index is 0.0789. The number of aromatic hydroxyl groups is 2. The summed E-state index contributed by atoms with van der Waals surface area (Å²) in [4.78, 5) is 0. The Morgan fingerprint density at radius 2 is 1.33 bits per heavy atom. The average Bonchev–Trinajstić information content (AvgIpc) is 2.41. The molecule has 0 amide bonds. The first-order valence-corrected chi connectivity index (χ1v) is 5.27. The number of rotatable bonds is 3. The fourth-order valence-corrected chi connectivity index (χ4v) is 1.89. The first-order chi connectivity index (χ1) is 8.63. The van der Waals surface area contributed by atoms with E-state index in [1.165, 1.54) is 21.3 Å². The Kier molecular flexibility index (Phi) is 3.06. The molecule has 0 aliphatic heterocycles. The lowest BCUT2D eigenvalue weighted by atomic mass is 10.1. The van der Waals surface area contributed by atoms with Crippen molar-refractivity contribution in [2.24, 2.45) is 0 Å². The highest BCUT2D eigenvalue weighted by Gasteiger charge is 2.20. The van der Waals surface area contributed by atoms with Crippen LogP contribution in [0.1, 0.15) is 0 Å². The number of benzene rings is 2. The third kappa shape index (κ3) is 1.64. The minimum atomic E-state index is -0.0962. The number of phenols is 2. The molecule has 2 aromatic carbocycles. The van der Waals surface area contributed by atoms with Gasteiger partial charge in [0.25, 0.3) is 0 Å². The molecule has 0 aliphatic carbocycles. The molecule has 96 valence electrons. The fourth-order valence-electron chi connectivity index (χ4n) is 1.89. The average molecular weight is 250 g/mol. The second-order valence-electron chi connectivity index (χ2n) is 3.68. The van der Waals surface area contributed by atoms with Gasteiger partial charge >= 0.3 is 0 Å². The molecule has 18 heavy (non-hydrogen) atoms. The molecule has 0 unspecified atom stereocenters. The largest absolute Gasteiger partial charge is 0.504 e. The molecule has 0 spiro atoms. The van der Waals surface area contributed by atoms with E-state index in [2.05, 4.69) is 0 Å². The minimum Gasteiger partial charge on any atom is -0.504 e. The van der Waals surface area contributed by atoms with Gasteiger partial charge in [-0.05, 0) is 18.2 Å². The zero-order valence-electron chi connectivity index (χ0n) is 10.4. The monoisotopic (exact) mass is 250 g/mol. The van der Waals surface area contributed by atoms with Gasteiger partial charge in [0.2, 0.25) is 11.5 Å². The van der Waals surface area contributed by atoms with E-state index in [0.717, 1.165) is 0 Å². The Balaban J connectivity index is 2.87. The van der Waals surface area contributed by atoms with Gasteiger partial charge in [-0.2, -0.15) is 0 Å². The molecule has 5 heteroatoms. The van der Waals surface area contributed by atoms with Crippen molar-refractivity contribution in [2.45, 2.75) is 0 Å². The molecule has 2 aromatic rings. The van der Waals surface area contributed by atoms with Gasteiger partial charge in [0.05, 0.1) is 21.3 Å². The highest BCUT2D eigenvalue weighted by atomic mass is 16.5. The molecule has 0 bridgehead atoms. The van der Waals surface area contributed by atoms with E-state index < -0.39 is 0 Å². The second kappa shape index (κ2) is 4.52. The van der Waals surface area contributed by atoms with Crippen molar-refractivity contribution in [3.05, 3.63) is 18.2 Å². The van der Waals surface area contributed by atoms with E-state index in [9.17, 15) is 10.2 Å². The summed E-state index contributed by atoms with van der Waals surface area (Å²) in [7, 11) is 4.31. The summed E-state index contributed by atoms with van der Waals surface area (Å²) in [6.45, 7) is 0. The summed E-state index contributed by atoms with van der Waals surface area (Å²) >= 11 is 0. The molecule has 2 rings (SSSR count). The summed E-state index contributed by atoms with van der Waals surface area (Å²) in [5.41, 5.74) is 0. The zero-order chi connectivity index (χ0) is 13.3. The molecule has 0 radical (unpaired) electrons. The van der Waals surface area contributed by atoms with Crippen LogP contribution in [0.4, 0.5) is 0 Å². The van der Waals surface area contributed by atoms with Crippen LogP contribution in [0.5, 0.6) is 28.7 Å². The molecule has 5 nitrogen and oxygen atoms in total. The molecule has 2 N–H and O–H groups in total. The quantitative estimate of drug-likeness (QED) is 0.818. The number of hydrogen-bond acceptors (Lipinski definition) is 5. The first kappa shape index (κ1) is 12.2. The van der Waals surface area contributed by atoms with E-state index >= 15 is 0 Å². The van der Waals surface area contributed by atoms with Crippen LogP contribution in [-0.2, 0) is 0 Å². The number of ether oxygens (including phenoxy) is 3. The maximum Gasteiger partial charge on any atom is 0.207 e. The van der Waals surface area contributed by atoms with E-state index in [-0.39, 0.29) is 23.0 Å². The van der Waals surface area contributed by atoms with Crippen LogP contribution in [-0.4, -0.2) is 31.5 Å². The lowest BCUT2D eigenvalue weighted by Crippen LogP contribution is -1.93. The van der Waals surface area contributed by atoms with Crippen LogP contribution in [0.25, 0.3) is 10.8 Å². The van der Waals surface area contributed by atoms with Gasteiger partial charge in [-0.25, -0.2) is 0 Å². The summed E-state index contributed by atoms with van der Waals surface area (Å²) < 4.78 is 15.2. The predicted molar refractivity (Wildman–Crippen MR) is 66.9 cm³/mol. The highest BCUT2D eigenvalue weighted by molar-refractivity contribution is 5.98. The third-order valence-corrected chi connectivity index (χ3v) is 2.78. The number of phenolic OH excluding ortho intramolecular Hbond substituents is 2. The van der Waals surface area contributed by atoms with Crippen LogP contribution >= 0.6 is 0 Å². The predicted octanol–water partition coefficient (Wildman–Crippen LogP) is 2.28. The Bertz CT molecular complexity index is 592. The van der Waals surface area contributed by atoms with E-state index in [4.69, 9.17) is 14.2 Å². The van der Waals surface area contributed by atoms with Crippen LogP contribution in [0.2, 0.25) is 0 Å². The van der Waals surface area contributed by atoms with Gasteiger partial charge in [0.15, 0.2) is 11.5 Å². The molecule has 0 aromatic heterocycles. The van der Waals surface area contributed by atoms with Crippen molar-refractivity contribution < 1.29 is 24.4 Å². The maximum absolute atomic E-state index is 10.1. The van der Waals surface area contributed by atoms with Gasteiger partial charge in [-0.3, -0.25) is 0 Å². The molecule has 0 fully saturated rings. The fraction of sp³-hybridized carbons (Fsp3) is 0.231. The molecular formula is C13H14O5. The van der Waals surface area contributed by atoms with E-state index in [1.54, 1.807) is 18.2 Å². The normalized spacial score (nSPS) is 10.4. The molecule has 0 saturated heterocycles. The summed E-state index contributed by atoms with van der Waals surface area (Å²) in [5, 5.41) is 21.1. The van der Waals surface area contributed by atoms with Crippen LogP contribution in [0.15, 0.2) is 18.2 Å². The summed E-state index contributed by atoms with van der Waals surface area (Å²) in [5.74, 6) is 0.596. The van der Waals surface area contributed by atoms with Crippen molar-refractivity contribution >= 4 is 10.8 Å². The third-order valence-electron chi connectivity index (χ3n) is 2.78. The molecule has 0 heterocycles. The van der Waals surface area contributed by atoms with Crippen LogP contribution < -0.4 is 14.2 Å². The van der Waals surface area contributed by atoms with E-state index in [0.29, 0.717) is 16.5 Å². The van der Waals surface area contributed by atoms with Crippen molar-refractivity contribution in [1.29, 1.82) is 0 Å². The number of methoxy groups -OCH3 is 3. The van der Waals surface area contributed by atoms with Crippen molar-refractivity contribution in [3.63, 3.8) is 0 Å². The van der Waals surface area contributed by atoms with Gasteiger partial charge in [0.1, 0.15) is 5.75 Å². The zero-order valence-corrected chi connectivity index (χ0v) is 10.4. The Morgan fingerprint density at radius 3 is 1.83 bits per heavy atom. The first-order valence-electron chi connectivity index (χ1n) is 5.27. The van der Waals surface area contributed by atoms with Crippen molar-refractivity contribution in [2.75, 3.05) is 21.3 Å². The smallest absolute Gasteiger partial charge is 0.207 e. The van der Waals surface area contributed by atoms with Crippen molar-refractivity contribution in [3.8, 4) is 28.7 Å². The van der Waals surface area contributed by atoms with Gasteiger partial charge < -0.3 is 24.4 Å². The maximum atomic E-state index is 10.1. The van der Waals surface area contributed by atoms with E-state index in [1.807, 2.05) is 0 Å². The second-order valence-corrected chi connectivity index (χ2v) is 3.68. The molecule has 0 saturated carbocycles. The van der Waals surface area contributed by atoms with Gasteiger partial charge in [-0.1, -0.05) is 0 Å². The topological polar surface area (TPSA) is 68.2 Å². The van der Waals surface area contributed by atoms with Crippen LogP contribution in [0.3, 0.4) is 0 Å². The lowest BCUT2D eigenvalue weighted by molar-refractivity contribution is 0.320. The number of fused-ring (bicyclic) bond motifs is 1. The number of hydrogen-bond donors (Lipinski definition) is 2. The van der Waals surface area contributed by atoms with Gasteiger partial charge in [0, 0.05) is 10.8 Å². The van der Waals surface area contributed by atoms with Crippen molar-refractivity contribution in [1.82, 2.24) is 0 Å². The standard InChI is InChI=1S/C13H14O5/c1-16-7-4-5-8-9(6-7)11(15)13(18-3)12(17-2)10(8)14/h4-6,14-15H,1-3H3. The lowest BCUT2D eigenvalue weighted by Gasteiger charge is -2.14. The van der Waals surface area contributed by atoms with Gasteiger partial charge in [-0.15, -0.1) is 0 Å². The Morgan fingerprint density at radius 1 is 0.778 bits per heavy atom. The van der Waals surface area contributed by atoms with Crippen LogP contribution in [0, 0.1) is 0 Å². The molecule has 0 aliphatic rings. The summed E-state index contributed by atoms with van der Waals surface area (Å²) in [6, 6.07) is 4.95. The SMILES string of the molecule is COc1ccc2c(O)c(OC)c(OC)c(O)c2c1. The summed E-state index contributed by atoms with van der Waals surface area (Å²) in [6.07, 6.45) is 0. The Hall–Kier alpha value is -2.30.